The summed E-state index contributed by atoms with van der Waals surface area (Å²) in [5.74, 6) is -2.98. The zero-order valence-corrected chi connectivity index (χ0v) is 19.6. The maximum absolute atomic E-state index is 12.8. The first-order chi connectivity index (χ1) is 14.2. The average molecular weight is 454 g/mol. The van der Waals surface area contributed by atoms with E-state index in [0.29, 0.717) is 11.4 Å². The summed E-state index contributed by atoms with van der Waals surface area (Å²) in [5, 5.41) is 6.64. The lowest BCUT2D eigenvalue weighted by atomic mass is 9.98. The van der Waals surface area contributed by atoms with Crippen molar-refractivity contribution in [3.8, 4) is 5.75 Å². The molecule has 0 radical (unpaired) electrons. The monoisotopic (exact) mass is 453 g/mol. The molecule has 0 bridgehead atoms. The third-order valence-corrected chi connectivity index (χ3v) is 5.74. The highest BCUT2D eigenvalue weighted by Gasteiger charge is 2.26. The maximum Gasteiger partial charge on any atom is 0.272 e. The van der Waals surface area contributed by atoms with E-state index in [-0.39, 0.29) is 23.7 Å². The summed E-state index contributed by atoms with van der Waals surface area (Å²) >= 11 is 0. The van der Waals surface area contributed by atoms with Crippen molar-refractivity contribution in [1.82, 2.24) is 5.43 Å². The molecule has 0 aromatic heterocycles. The zero-order chi connectivity index (χ0) is 23.8. The fourth-order valence-electron chi connectivity index (χ4n) is 2.56. The zero-order valence-electron chi connectivity index (χ0n) is 18.8. The van der Waals surface area contributed by atoms with Crippen LogP contribution in [0, 0.1) is 5.92 Å². The van der Waals surface area contributed by atoms with Gasteiger partial charge in [0.25, 0.3) is 5.91 Å². The molecule has 0 saturated heterocycles. The highest BCUT2D eigenvalue weighted by Crippen LogP contribution is 2.17. The summed E-state index contributed by atoms with van der Waals surface area (Å²) in [4.78, 5) is 35.9. The second kappa shape index (κ2) is 11.0. The average Bonchev–Trinajstić information content (AvgIpc) is 2.63. The van der Waals surface area contributed by atoms with Gasteiger partial charge in [0.1, 0.15) is 23.0 Å². The fraction of sp³-hybridized carbons (Fsp3) is 0.524. The number of hydrogen-bond acceptors (Lipinski definition) is 8. The van der Waals surface area contributed by atoms with E-state index in [1.54, 1.807) is 24.3 Å². The number of carbonyl (C=O) groups excluding carboxylic acids is 3. The number of nitrogens with zero attached hydrogens (tertiary/aromatic N) is 1. The number of ether oxygens (including phenoxy) is 1. The lowest BCUT2D eigenvalue weighted by Gasteiger charge is -2.19. The van der Waals surface area contributed by atoms with Crippen LogP contribution in [0.25, 0.3) is 0 Å². The van der Waals surface area contributed by atoms with Crippen LogP contribution in [0.4, 0.5) is 5.69 Å². The number of amides is 1. The SMILES string of the molecule is COc1cccc(NC(=O)/C(CS(=O)(=O)CCC(C(C)=O)C(C)=O)=N\NC(C)(C)C)c1. The smallest absolute Gasteiger partial charge is 0.272 e. The van der Waals surface area contributed by atoms with Crippen molar-refractivity contribution in [3.63, 3.8) is 0 Å². The van der Waals surface area contributed by atoms with E-state index in [2.05, 4.69) is 15.8 Å². The van der Waals surface area contributed by atoms with E-state index in [1.807, 2.05) is 20.8 Å². The third-order valence-electron chi connectivity index (χ3n) is 4.17. The van der Waals surface area contributed by atoms with Gasteiger partial charge in [-0.05, 0) is 53.2 Å². The van der Waals surface area contributed by atoms with Crippen LogP contribution in [0.3, 0.4) is 0 Å². The first-order valence-corrected chi connectivity index (χ1v) is 11.6. The van der Waals surface area contributed by atoms with Crippen LogP contribution in [0.2, 0.25) is 0 Å². The Morgan fingerprint density at radius 2 is 1.74 bits per heavy atom. The van der Waals surface area contributed by atoms with Gasteiger partial charge in [-0.15, -0.1) is 0 Å². The lowest BCUT2D eigenvalue weighted by Crippen LogP contribution is -2.37. The molecule has 9 nitrogen and oxygen atoms in total. The lowest BCUT2D eigenvalue weighted by molar-refractivity contribution is -0.130. The molecule has 0 unspecified atom stereocenters. The van der Waals surface area contributed by atoms with Crippen LogP contribution >= 0.6 is 0 Å². The summed E-state index contributed by atoms with van der Waals surface area (Å²) < 4.78 is 30.4. The van der Waals surface area contributed by atoms with Crippen molar-refractivity contribution < 1.29 is 27.5 Å². The van der Waals surface area contributed by atoms with Gasteiger partial charge in [-0.25, -0.2) is 8.42 Å². The number of carbonyl (C=O) groups is 3. The molecule has 10 heteroatoms. The molecule has 0 heterocycles. The first-order valence-electron chi connectivity index (χ1n) is 9.74. The summed E-state index contributed by atoms with van der Waals surface area (Å²) in [5.41, 5.74) is 2.44. The molecule has 0 atom stereocenters. The highest BCUT2D eigenvalue weighted by atomic mass is 32.2. The van der Waals surface area contributed by atoms with Gasteiger partial charge in [0.2, 0.25) is 0 Å². The van der Waals surface area contributed by atoms with Crippen molar-refractivity contribution >= 4 is 38.7 Å². The Bertz CT molecular complexity index is 934. The van der Waals surface area contributed by atoms with Crippen molar-refractivity contribution in [2.45, 2.75) is 46.6 Å². The molecule has 0 aliphatic carbocycles. The molecule has 0 saturated carbocycles. The van der Waals surface area contributed by atoms with E-state index in [4.69, 9.17) is 4.74 Å². The number of hydrazone groups is 1. The second-order valence-electron chi connectivity index (χ2n) is 8.26. The van der Waals surface area contributed by atoms with Gasteiger partial charge >= 0.3 is 0 Å². The predicted octanol–water partition coefficient (Wildman–Crippen LogP) is 1.98. The van der Waals surface area contributed by atoms with Gasteiger partial charge in [0.05, 0.1) is 24.5 Å². The number of rotatable bonds is 11. The quantitative estimate of drug-likeness (QED) is 0.297. The molecule has 31 heavy (non-hydrogen) atoms. The molecule has 1 aromatic rings. The molecule has 0 aliphatic rings. The number of ketones is 2. The van der Waals surface area contributed by atoms with Crippen LogP contribution in [-0.4, -0.2) is 55.8 Å². The standard InChI is InChI=1S/C21H31N3O6S/c1-14(25)18(15(2)26)10-11-31(28,29)13-19(23-24-21(3,4)5)20(27)22-16-8-7-9-17(12-16)30-6/h7-9,12,18,24H,10-11,13H2,1-6H3,(H,22,27)/b23-19-. The normalized spacial score (nSPS) is 12.4. The fourth-order valence-corrected chi connectivity index (χ4v) is 3.91. The number of benzene rings is 1. The van der Waals surface area contributed by atoms with Crippen molar-refractivity contribution in [3.05, 3.63) is 24.3 Å². The minimum Gasteiger partial charge on any atom is -0.497 e. The Balaban J connectivity index is 3.05. The minimum atomic E-state index is -3.82. The topological polar surface area (TPSA) is 131 Å². The molecule has 1 rings (SSSR count). The summed E-state index contributed by atoms with van der Waals surface area (Å²) in [6, 6.07) is 6.61. The number of nitrogens with one attached hydrogen (secondary N) is 2. The third kappa shape index (κ3) is 9.73. The largest absolute Gasteiger partial charge is 0.497 e. The van der Waals surface area contributed by atoms with E-state index >= 15 is 0 Å². The van der Waals surface area contributed by atoms with E-state index in [1.165, 1.54) is 21.0 Å². The summed E-state index contributed by atoms with van der Waals surface area (Å²) in [6.45, 7) is 7.94. The molecule has 0 fully saturated rings. The van der Waals surface area contributed by atoms with Crippen LogP contribution in [0.5, 0.6) is 5.75 Å². The van der Waals surface area contributed by atoms with E-state index in [0.717, 1.165) is 0 Å². The molecule has 2 N–H and O–H groups in total. The number of Topliss-reactive ketones (excluding diaryl/α,β-unsaturated/α-hetero) is 2. The second-order valence-corrected chi connectivity index (χ2v) is 10.4. The van der Waals surface area contributed by atoms with Gasteiger partial charge in [0.15, 0.2) is 9.84 Å². The van der Waals surface area contributed by atoms with Crippen LogP contribution in [0.15, 0.2) is 29.4 Å². The Kier molecular flexibility index (Phi) is 9.36. The summed E-state index contributed by atoms with van der Waals surface area (Å²) in [7, 11) is -2.33. The molecule has 1 amide bonds. The Hall–Kier alpha value is -2.75. The van der Waals surface area contributed by atoms with Crippen molar-refractivity contribution in [2.24, 2.45) is 11.0 Å². The van der Waals surface area contributed by atoms with Gasteiger partial charge in [-0.3, -0.25) is 14.4 Å². The number of anilines is 1. The molecule has 0 spiro atoms. The Labute approximate surface area is 183 Å². The van der Waals surface area contributed by atoms with E-state index < -0.39 is 38.7 Å². The number of sulfone groups is 1. The number of methoxy groups -OCH3 is 1. The maximum atomic E-state index is 12.8. The first kappa shape index (κ1) is 26.3. The highest BCUT2D eigenvalue weighted by molar-refractivity contribution is 7.92. The molecule has 0 aliphatic heterocycles. The molecular formula is C21H31N3O6S. The molecule has 1 aromatic carbocycles. The van der Waals surface area contributed by atoms with Crippen LogP contribution in [-0.2, 0) is 24.2 Å². The van der Waals surface area contributed by atoms with E-state index in [9.17, 15) is 22.8 Å². The summed E-state index contributed by atoms with van der Waals surface area (Å²) in [6.07, 6.45) is -0.134. The van der Waals surface area contributed by atoms with Gasteiger partial charge in [-0.2, -0.15) is 5.10 Å². The van der Waals surface area contributed by atoms with Gasteiger partial charge in [-0.1, -0.05) is 6.07 Å². The van der Waals surface area contributed by atoms with Crippen LogP contribution in [0.1, 0.15) is 41.0 Å². The van der Waals surface area contributed by atoms with Gasteiger partial charge < -0.3 is 15.5 Å². The van der Waals surface area contributed by atoms with Crippen LogP contribution < -0.4 is 15.5 Å². The number of hydrogen-bond donors (Lipinski definition) is 2. The minimum absolute atomic E-state index is 0.134. The van der Waals surface area contributed by atoms with Gasteiger partial charge in [0, 0.05) is 17.3 Å². The molecule has 172 valence electrons. The van der Waals surface area contributed by atoms with Crippen molar-refractivity contribution in [2.75, 3.05) is 23.9 Å². The molecular weight excluding hydrogens is 422 g/mol. The Morgan fingerprint density at radius 3 is 2.26 bits per heavy atom. The Morgan fingerprint density at radius 1 is 1.13 bits per heavy atom. The predicted molar refractivity (Wildman–Crippen MR) is 120 cm³/mol. The van der Waals surface area contributed by atoms with Crippen molar-refractivity contribution in [1.29, 1.82) is 0 Å².